The highest BCUT2D eigenvalue weighted by Gasteiger charge is 2.26. The van der Waals surface area contributed by atoms with Gasteiger partial charge in [0, 0.05) is 12.2 Å². The summed E-state index contributed by atoms with van der Waals surface area (Å²) in [6.45, 7) is 0.680. The average Bonchev–Trinajstić information content (AvgIpc) is 2.59. The number of carbonyl (C=O) groups is 2. The lowest BCUT2D eigenvalue weighted by molar-refractivity contribution is -0.124. The summed E-state index contributed by atoms with van der Waals surface area (Å²) in [5, 5.41) is 2.87. The highest BCUT2D eigenvalue weighted by Crippen LogP contribution is 2.19. The number of amides is 1. The summed E-state index contributed by atoms with van der Waals surface area (Å²) in [5.41, 5.74) is 5.35. The second-order valence-corrected chi connectivity index (χ2v) is 4.77. The molecule has 1 unspecified atom stereocenters. The molecule has 0 aromatic rings. The molecule has 0 saturated carbocycles. The van der Waals surface area contributed by atoms with E-state index in [-0.39, 0.29) is 17.1 Å². The summed E-state index contributed by atoms with van der Waals surface area (Å²) >= 11 is 1.31. The summed E-state index contributed by atoms with van der Waals surface area (Å²) < 4.78 is 0. The van der Waals surface area contributed by atoms with Gasteiger partial charge in [-0.2, -0.15) is 0 Å². The molecule has 0 radical (unpaired) electrons. The molecule has 5 heteroatoms. The van der Waals surface area contributed by atoms with Crippen LogP contribution in [-0.2, 0) is 9.59 Å². The molecule has 0 bridgehead atoms. The molecule has 3 N–H and O–H groups in total. The first-order valence-electron chi connectivity index (χ1n) is 5.40. The van der Waals surface area contributed by atoms with Gasteiger partial charge in [0.15, 0.2) is 0 Å². The average molecular weight is 230 g/mol. The van der Waals surface area contributed by atoms with Crippen LogP contribution in [0.2, 0.25) is 0 Å². The molecule has 0 aliphatic carbocycles. The van der Waals surface area contributed by atoms with Crippen molar-refractivity contribution in [1.29, 1.82) is 0 Å². The van der Waals surface area contributed by atoms with Crippen molar-refractivity contribution in [2.24, 2.45) is 5.73 Å². The van der Waals surface area contributed by atoms with Gasteiger partial charge in [-0.1, -0.05) is 18.2 Å². The number of rotatable bonds is 6. The summed E-state index contributed by atoms with van der Waals surface area (Å²) in [4.78, 5) is 22.6. The Morgan fingerprint density at radius 1 is 1.47 bits per heavy atom. The molecule has 0 aromatic carbocycles. The molecule has 1 aliphatic heterocycles. The van der Waals surface area contributed by atoms with E-state index in [0.717, 1.165) is 31.4 Å². The fraction of sp³-hybridized carbons (Fsp3) is 0.800. The molecule has 1 atom stereocenters. The number of nitrogens with one attached hydrogen (secondary N) is 1. The quantitative estimate of drug-likeness (QED) is 0.657. The van der Waals surface area contributed by atoms with Gasteiger partial charge in [-0.15, -0.1) is 0 Å². The Hall–Kier alpha value is -0.550. The summed E-state index contributed by atoms with van der Waals surface area (Å²) in [5.74, 6) is 0.824. The van der Waals surface area contributed by atoms with Crippen LogP contribution in [0.25, 0.3) is 0 Å². The Labute approximate surface area is 94.4 Å². The molecule has 0 aromatic heterocycles. The lowest BCUT2D eigenvalue weighted by atomic mass is 10.1. The third-order valence-corrected chi connectivity index (χ3v) is 3.39. The van der Waals surface area contributed by atoms with Crippen molar-refractivity contribution in [2.45, 2.75) is 38.1 Å². The van der Waals surface area contributed by atoms with Gasteiger partial charge in [0.2, 0.25) is 11.0 Å². The topological polar surface area (TPSA) is 72.2 Å². The van der Waals surface area contributed by atoms with Crippen molar-refractivity contribution in [1.82, 2.24) is 5.32 Å². The first-order valence-corrected chi connectivity index (χ1v) is 6.38. The molecule has 15 heavy (non-hydrogen) atoms. The third kappa shape index (κ3) is 4.66. The summed E-state index contributed by atoms with van der Waals surface area (Å²) in [7, 11) is 0. The van der Waals surface area contributed by atoms with E-state index >= 15 is 0 Å². The molecular formula is C10H18N2O2S. The van der Waals surface area contributed by atoms with E-state index in [0.29, 0.717) is 13.0 Å². The Balaban J connectivity index is 2.10. The van der Waals surface area contributed by atoms with Gasteiger partial charge in [0.1, 0.15) is 0 Å². The largest absolute Gasteiger partial charge is 0.345 e. The van der Waals surface area contributed by atoms with Crippen molar-refractivity contribution in [3.63, 3.8) is 0 Å². The van der Waals surface area contributed by atoms with E-state index in [1.165, 1.54) is 11.8 Å². The van der Waals surface area contributed by atoms with Crippen LogP contribution in [0.5, 0.6) is 0 Å². The smallest absolute Gasteiger partial charge is 0.220 e. The summed E-state index contributed by atoms with van der Waals surface area (Å²) in [6.07, 6.45) is 4.09. The predicted molar refractivity (Wildman–Crippen MR) is 61.5 cm³/mol. The SMILES string of the molecule is NCCCCCC(=O)NC1CCSC1=O. The zero-order valence-corrected chi connectivity index (χ0v) is 9.65. The maximum absolute atomic E-state index is 11.4. The molecular weight excluding hydrogens is 212 g/mol. The Morgan fingerprint density at radius 2 is 2.27 bits per heavy atom. The minimum Gasteiger partial charge on any atom is -0.345 e. The maximum atomic E-state index is 11.4. The van der Waals surface area contributed by atoms with E-state index in [9.17, 15) is 9.59 Å². The summed E-state index contributed by atoms with van der Waals surface area (Å²) in [6, 6.07) is -0.239. The van der Waals surface area contributed by atoms with Crippen LogP contribution in [0.15, 0.2) is 0 Å². The minimum atomic E-state index is -0.239. The molecule has 1 aliphatic rings. The van der Waals surface area contributed by atoms with Crippen molar-refractivity contribution in [2.75, 3.05) is 12.3 Å². The first-order chi connectivity index (χ1) is 7.24. The normalized spacial score (nSPS) is 20.6. The van der Waals surface area contributed by atoms with E-state index < -0.39 is 0 Å². The van der Waals surface area contributed by atoms with Gasteiger partial charge in [-0.3, -0.25) is 9.59 Å². The minimum absolute atomic E-state index is 0.00660. The standard InChI is InChI=1S/C10H18N2O2S/c11-6-3-1-2-4-9(13)12-8-5-7-15-10(8)14/h8H,1-7,11H2,(H,12,13). The van der Waals surface area contributed by atoms with Crippen molar-refractivity contribution >= 4 is 22.8 Å². The highest BCUT2D eigenvalue weighted by atomic mass is 32.2. The zero-order chi connectivity index (χ0) is 11.1. The van der Waals surface area contributed by atoms with Crippen LogP contribution >= 0.6 is 11.8 Å². The molecule has 1 fully saturated rings. The van der Waals surface area contributed by atoms with E-state index in [2.05, 4.69) is 5.32 Å². The lowest BCUT2D eigenvalue weighted by Crippen LogP contribution is -2.36. The molecule has 0 spiro atoms. The highest BCUT2D eigenvalue weighted by molar-refractivity contribution is 8.14. The zero-order valence-electron chi connectivity index (χ0n) is 8.83. The predicted octanol–water partition coefficient (Wildman–Crippen LogP) is 0.654. The molecule has 86 valence electrons. The molecule has 1 saturated heterocycles. The Morgan fingerprint density at radius 3 is 2.87 bits per heavy atom. The van der Waals surface area contributed by atoms with Crippen LogP contribution in [0.4, 0.5) is 0 Å². The van der Waals surface area contributed by atoms with Crippen molar-refractivity contribution in [3.8, 4) is 0 Å². The Bertz CT molecular complexity index is 233. The maximum Gasteiger partial charge on any atom is 0.220 e. The third-order valence-electron chi connectivity index (χ3n) is 2.38. The number of unbranched alkanes of at least 4 members (excludes halogenated alkanes) is 2. The number of hydrogen-bond donors (Lipinski definition) is 2. The lowest BCUT2D eigenvalue weighted by Gasteiger charge is -2.09. The van der Waals surface area contributed by atoms with Crippen LogP contribution in [0, 0.1) is 0 Å². The van der Waals surface area contributed by atoms with Crippen LogP contribution in [-0.4, -0.2) is 29.4 Å². The number of carbonyl (C=O) groups excluding carboxylic acids is 2. The Kier molecular flexibility index (Phi) is 5.71. The molecule has 1 heterocycles. The molecule has 1 rings (SSSR count). The van der Waals surface area contributed by atoms with Gasteiger partial charge < -0.3 is 11.1 Å². The van der Waals surface area contributed by atoms with Gasteiger partial charge in [-0.05, 0) is 25.8 Å². The second-order valence-electron chi connectivity index (χ2n) is 3.68. The number of hydrogen-bond acceptors (Lipinski definition) is 4. The van der Waals surface area contributed by atoms with Crippen LogP contribution in [0.3, 0.4) is 0 Å². The fourth-order valence-corrected chi connectivity index (χ4v) is 2.43. The molecule has 1 amide bonds. The van der Waals surface area contributed by atoms with Gasteiger partial charge >= 0.3 is 0 Å². The van der Waals surface area contributed by atoms with Gasteiger partial charge in [0.25, 0.3) is 0 Å². The number of thioether (sulfide) groups is 1. The van der Waals surface area contributed by atoms with Crippen molar-refractivity contribution in [3.05, 3.63) is 0 Å². The van der Waals surface area contributed by atoms with E-state index in [4.69, 9.17) is 5.73 Å². The number of nitrogens with two attached hydrogens (primary N) is 1. The van der Waals surface area contributed by atoms with Gasteiger partial charge in [0.05, 0.1) is 6.04 Å². The molecule has 4 nitrogen and oxygen atoms in total. The van der Waals surface area contributed by atoms with E-state index in [1.54, 1.807) is 0 Å². The monoisotopic (exact) mass is 230 g/mol. The second kappa shape index (κ2) is 6.85. The van der Waals surface area contributed by atoms with Crippen molar-refractivity contribution < 1.29 is 9.59 Å². The van der Waals surface area contributed by atoms with Crippen LogP contribution in [0.1, 0.15) is 32.1 Å². The van der Waals surface area contributed by atoms with E-state index in [1.807, 2.05) is 0 Å². The fourth-order valence-electron chi connectivity index (χ4n) is 1.50. The first kappa shape index (κ1) is 12.5. The van der Waals surface area contributed by atoms with Gasteiger partial charge in [-0.25, -0.2) is 0 Å². The van der Waals surface area contributed by atoms with Crippen LogP contribution < -0.4 is 11.1 Å².